The Hall–Kier alpha value is -1.84. The van der Waals surface area contributed by atoms with Crippen LogP contribution in [0.5, 0.6) is 0 Å². The number of aryl methyl sites for hydroxylation is 2. The second-order valence-corrected chi connectivity index (χ2v) is 5.71. The lowest BCUT2D eigenvalue weighted by Crippen LogP contribution is -2.45. The number of benzene rings is 1. The summed E-state index contributed by atoms with van der Waals surface area (Å²) >= 11 is 0. The Balaban J connectivity index is 2.25. The van der Waals surface area contributed by atoms with Gasteiger partial charge in [0.25, 0.3) is 5.91 Å². The van der Waals surface area contributed by atoms with E-state index in [0.717, 1.165) is 24.0 Å². The van der Waals surface area contributed by atoms with E-state index in [-0.39, 0.29) is 17.9 Å². The lowest BCUT2D eigenvalue weighted by Gasteiger charge is -2.26. The Bertz CT molecular complexity index is 537. The molecule has 1 atom stereocenters. The predicted molar refractivity (Wildman–Crippen MR) is 78.7 cm³/mol. The highest BCUT2D eigenvalue weighted by Crippen LogP contribution is 2.23. The molecule has 108 valence electrons. The monoisotopic (exact) mass is 274 g/mol. The van der Waals surface area contributed by atoms with Crippen LogP contribution in [0.15, 0.2) is 18.2 Å². The minimum absolute atomic E-state index is 0.0145. The van der Waals surface area contributed by atoms with Gasteiger partial charge in [-0.25, -0.2) is 0 Å². The number of rotatable bonds is 2. The highest BCUT2D eigenvalue weighted by atomic mass is 16.2. The van der Waals surface area contributed by atoms with Crippen molar-refractivity contribution in [1.82, 2.24) is 9.80 Å². The Morgan fingerprint density at radius 1 is 1.25 bits per heavy atom. The maximum atomic E-state index is 12.7. The zero-order valence-corrected chi connectivity index (χ0v) is 12.6. The minimum atomic E-state index is -0.307. The molecule has 1 aromatic rings. The maximum absolute atomic E-state index is 12.7. The minimum Gasteiger partial charge on any atom is -0.347 e. The second-order valence-electron chi connectivity index (χ2n) is 5.71. The fourth-order valence-electron chi connectivity index (χ4n) is 2.77. The van der Waals surface area contributed by atoms with Gasteiger partial charge in [-0.15, -0.1) is 0 Å². The number of amides is 2. The van der Waals surface area contributed by atoms with Gasteiger partial charge in [-0.1, -0.05) is 17.7 Å². The van der Waals surface area contributed by atoms with Gasteiger partial charge in [-0.3, -0.25) is 9.59 Å². The number of nitrogens with zero attached hydrogens (tertiary/aromatic N) is 2. The normalized spacial score (nSPS) is 18.2. The number of likely N-dealkylation sites (N-methyl/N-ethyl adjacent to an activating group) is 1. The number of carbonyl (C=O) groups excluding carboxylic acids is 2. The number of carbonyl (C=O) groups is 2. The van der Waals surface area contributed by atoms with Gasteiger partial charge in [0.05, 0.1) is 0 Å². The number of hydrogen-bond donors (Lipinski definition) is 0. The van der Waals surface area contributed by atoms with E-state index in [1.165, 1.54) is 0 Å². The van der Waals surface area contributed by atoms with Crippen molar-refractivity contribution in [2.75, 3.05) is 20.6 Å². The van der Waals surface area contributed by atoms with Crippen LogP contribution in [0.4, 0.5) is 0 Å². The van der Waals surface area contributed by atoms with Crippen molar-refractivity contribution in [2.24, 2.45) is 0 Å². The molecule has 1 aliphatic rings. The third-order valence-electron chi connectivity index (χ3n) is 3.85. The first-order valence-electron chi connectivity index (χ1n) is 7.01. The van der Waals surface area contributed by atoms with Gasteiger partial charge in [-0.2, -0.15) is 0 Å². The molecule has 0 aromatic heterocycles. The van der Waals surface area contributed by atoms with Gasteiger partial charge < -0.3 is 9.80 Å². The topological polar surface area (TPSA) is 40.6 Å². The van der Waals surface area contributed by atoms with E-state index < -0.39 is 0 Å². The van der Waals surface area contributed by atoms with Crippen LogP contribution in [0.3, 0.4) is 0 Å². The van der Waals surface area contributed by atoms with Crippen molar-refractivity contribution in [3.05, 3.63) is 34.9 Å². The molecular formula is C16H22N2O2. The number of hydrogen-bond acceptors (Lipinski definition) is 2. The lowest BCUT2D eigenvalue weighted by atomic mass is 10.0. The smallest absolute Gasteiger partial charge is 0.254 e. The van der Waals surface area contributed by atoms with Crippen LogP contribution >= 0.6 is 0 Å². The van der Waals surface area contributed by atoms with E-state index in [0.29, 0.717) is 12.1 Å². The summed E-state index contributed by atoms with van der Waals surface area (Å²) in [5, 5.41) is 0. The molecule has 1 aromatic carbocycles. The Morgan fingerprint density at radius 3 is 2.55 bits per heavy atom. The van der Waals surface area contributed by atoms with Crippen LogP contribution in [0, 0.1) is 13.8 Å². The average Bonchev–Trinajstić information content (AvgIpc) is 2.86. The van der Waals surface area contributed by atoms with Crippen LogP contribution in [0.2, 0.25) is 0 Å². The fraction of sp³-hybridized carbons (Fsp3) is 0.500. The molecule has 0 N–H and O–H groups in total. The fourth-order valence-corrected chi connectivity index (χ4v) is 2.77. The van der Waals surface area contributed by atoms with Gasteiger partial charge in [0.1, 0.15) is 6.04 Å². The summed E-state index contributed by atoms with van der Waals surface area (Å²) in [5.41, 5.74) is 2.81. The van der Waals surface area contributed by atoms with Gasteiger partial charge in [0.15, 0.2) is 0 Å². The molecule has 1 unspecified atom stereocenters. The van der Waals surface area contributed by atoms with E-state index in [1.54, 1.807) is 23.9 Å². The Morgan fingerprint density at radius 2 is 1.95 bits per heavy atom. The van der Waals surface area contributed by atoms with Crippen LogP contribution in [-0.2, 0) is 4.79 Å². The molecule has 1 fully saturated rings. The third-order valence-corrected chi connectivity index (χ3v) is 3.85. The maximum Gasteiger partial charge on any atom is 0.254 e. The molecule has 1 saturated heterocycles. The summed E-state index contributed by atoms with van der Waals surface area (Å²) in [6.07, 6.45) is 1.65. The Labute approximate surface area is 120 Å². The first-order chi connectivity index (χ1) is 9.41. The largest absolute Gasteiger partial charge is 0.347 e. The molecule has 1 aliphatic heterocycles. The van der Waals surface area contributed by atoms with Crippen molar-refractivity contribution in [1.29, 1.82) is 0 Å². The highest BCUT2D eigenvalue weighted by Gasteiger charge is 2.35. The van der Waals surface area contributed by atoms with Gasteiger partial charge in [0.2, 0.25) is 5.91 Å². The van der Waals surface area contributed by atoms with Crippen LogP contribution in [-0.4, -0.2) is 48.3 Å². The summed E-state index contributed by atoms with van der Waals surface area (Å²) in [5.74, 6) is -0.0131. The van der Waals surface area contributed by atoms with Crippen LogP contribution in [0.25, 0.3) is 0 Å². The van der Waals surface area contributed by atoms with E-state index in [4.69, 9.17) is 0 Å². The Kier molecular flexibility index (Phi) is 4.12. The molecule has 0 saturated carbocycles. The SMILES string of the molecule is Cc1ccc(C(=O)N2CCCC2C(=O)N(C)C)c(C)c1. The van der Waals surface area contributed by atoms with Gasteiger partial charge in [-0.05, 0) is 38.3 Å². The van der Waals surface area contributed by atoms with Gasteiger partial charge >= 0.3 is 0 Å². The summed E-state index contributed by atoms with van der Waals surface area (Å²) < 4.78 is 0. The summed E-state index contributed by atoms with van der Waals surface area (Å²) in [4.78, 5) is 28.1. The number of likely N-dealkylation sites (tertiary alicyclic amines) is 1. The van der Waals surface area contributed by atoms with Crippen LogP contribution in [0.1, 0.15) is 34.3 Å². The highest BCUT2D eigenvalue weighted by molar-refractivity contribution is 5.99. The molecule has 0 radical (unpaired) electrons. The zero-order chi connectivity index (χ0) is 14.9. The molecule has 0 aliphatic carbocycles. The van der Waals surface area contributed by atoms with E-state index in [9.17, 15) is 9.59 Å². The van der Waals surface area contributed by atoms with Crippen molar-refractivity contribution >= 4 is 11.8 Å². The first kappa shape index (κ1) is 14.6. The molecule has 4 heteroatoms. The van der Waals surface area contributed by atoms with E-state index >= 15 is 0 Å². The van der Waals surface area contributed by atoms with E-state index in [2.05, 4.69) is 0 Å². The van der Waals surface area contributed by atoms with Crippen LogP contribution < -0.4 is 0 Å². The molecule has 2 rings (SSSR count). The van der Waals surface area contributed by atoms with E-state index in [1.807, 2.05) is 32.0 Å². The van der Waals surface area contributed by atoms with Crippen molar-refractivity contribution in [2.45, 2.75) is 32.7 Å². The molecular weight excluding hydrogens is 252 g/mol. The predicted octanol–water partition coefficient (Wildman–Crippen LogP) is 2.00. The second kappa shape index (κ2) is 5.65. The van der Waals surface area contributed by atoms with Crippen molar-refractivity contribution in [3.63, 3.8) is 0 Å². The third kappa shape index (κ3) is 2.69. The first-order valence-corrected chi connectivity index (χ1v) is 7.01. The molecule has 1 heterocycles. The lowest BCUT2D eigenvalue weighted by molar-refractivity contribution is -0.132. The van der Waals surface area contributed by atoms with Gasteiger partial charge in [0, 0.05) is 26.2 Å². The summed E-state index contributed by atoms with van der Waals surface area (Å²) in [6.45, 7) is 4.62. The molecule has 0 bridgehead atoms. The summed E-state index contributed by atoms with van der Waals surface area (Å²) in [7, 11) is 3.47. The van der Waals surface area contributed by atoms with Crippen molar-refractivity contribution < 1.29 is 9.59 Å². The standard InChI is InChI=1S/C16H22N2O2/c1-11-7-8-13(12(2)10-11)15(19)18-9-5-6-14(18)16(20)17(3)4/h7-8,10,14H,5-6,9H2,1-4H3. The zero-order valence-electron chi connectivity index (χ0n) is 12.6. The molecule has 4 nitrogen and oxygen atoms in total. The molecule has 0 spiro atoms. The van der Waals surface area contributed by atoms with Crippen molar-refractivity contribution in [3.8, 4) is 0 Å². The molecule has 20 heavy (non-hydrogen) atoms. The summed E-state index contributed by atoms with van der Waals surface area (Å²) in [6, 6.07) is 5.51. The average molecular weight is 274 g/mol. The quantitative estimate of drug-likeness (QED) is 0.827. The molecule has 2 amide bonds.